The summed E-state index contributed by atoms with van der Waals surface area (Å²) in [6.07, 6.45) is 0. The molecule has 1 aromatic heterocycles. The normalized spacial score (nSPS) is 10.1. The Morgan fingerprint density at radius 2 is 1.85 bits per heavy atom. The van der Waals surface area contributed by atoms with Gasteiger partial charge >= 0.3 is 5.97 Å². The first kappa shape index (κ1) is 13.7. The number of amides is 1. The van der Waals surface area contributed by atoms with Gasteiger partial charge < -0.3 is 10.4 Å². The summed E-state index contributed by atoms with van der Waals surface area (Å²) >= 11 is 0. The summed E-state index contributed by atoms with van der Waals surface area (Å²) in [5.41, 5.74) is 0.400. The number of carboxylic acids is 1. The fourth-order valence-electron chi connectivity index (χ4n) is 1.60. The van der Waals surface area contributed by atoms with Crippen LogP contribution < -0.4 is 5.32 Å². The Bertz CT molecular complexity index is 658. The molecule has 0 fully saturated rings. The summed E-state index contributed by atoms with van der Waals surface area (Å²) < 4.78 is 13.0. The van der Waals surface area contributed by atoms with Crippen LogP contribution in [0.2, 0.25) is 0 Å². The van der Waals surface area contributed by atoms with Crippen molar-refractivity contribution in [2.45, 2.75) is 6.54 Å². The van der Waals surface area contributed by atoms with Crippen LogP contribution in [0.4, 0.5) is 4.39 Å². The molecule has 2 aromatic rings. The molecule has 5 nitrogen and oxygen atoms in total. The summed E-state index contributed by atoms with van der Waals surface area (Å²) in [5.74, 6) is -2.11. The van der Waals surface area contributed by atoms with Crippen LogP contribution in [0.5, 0.6) is 0 Å². The number of aromatic nitrogens is 1. The summed E-state index contributed by atoms with van der Waals surface area (Å²) in [7, 11) is 0. The van der Waals surface area contributed by atoms with Crippen LogP contribution in [0.25, 0.3) is 0 Å². The molecule has 1 heterocycles. The Balaban J connectivity index is 2.05. The van der Waals surface area contributed by atoms with E-state index in [1.165, 1.54) is 30.3 Å². The summed E-state index contributed by atoms with van der Waals surface area (Å²) in [6.45, 7) is 0.134. The molecule has 2 rings (SSSR count). The van der Waals surface area contributed by atoms with Gasteiger partial charge in [0.25, 0.3) is 5.91 Å². The lowest BCUT2D eigenvalue weighted by Crippen LogP contribution is -2.24. The highest BCUT2D eigenvalue weighted by molar-refractivity contribution is 5.94. The first-order valence-corrected chi connectivity index (χ1v) is 5.79. The second kappa shape index (κ2) is 5.92. The van der Waals surface area contributed by atoms with Crippen LogP contribution in [0.3, 0.4) is 0 Å². The van der Waals surface area contributed by atoms with E-state index in [0.29, 0.717) is 5.56 Å². The Morgan fingerprint density at radius 3 is 2.55 bits per heavy atom. The third kappa shape index (κ3) is 3.38. The molecule has 1 aromatic carbocycles. The fourth-order valence-corrected chi connectivity index (χ4v) is 1.60. The van der Waals surface area contributed by atoms with Gasteiger partial charge in [0.2, 0.25) is 0 Å². The lowest BCUT2D eigenvalue weighted by atomic mass is 10.2. The first-order chi connectivity index (χ1) is 9.56. The first-order valence-electron chi connectivity index (χ1n) is 5.79. The lowest BCUT2D eigenvalue weighted by molar-refractivity contribution is 0.0690. The van der Waals surface area contributed by atoms with E-state index in [0.717, 1.165) is 0 Å². The van der Waals surface area contributed by atoms with Crippen LogP contribution in [-0.2, 0) is 6.54 Å². The zero-order chi connectivity index (χ0) is 14.5. The number of carbonyl (C=O) groups excluding carboxylic acids is 1. The summed E-state index contributed by atoms with van der Waals surface area (Å²) in [5, 5.41) is 11.3. The molecule has 0 atom stereocenters. The zero-order valence-corrected chi connectivity index (χ0v) is 10.3. The molecule has 0 radical (unpaired) electrons. The second-order valence-corrected chi connectivity index (χ2v) is 4.03. The number of benzene rings is 1. The number of nitrogens with zero attached hydrogens (tertiary/aromatic N) is 1. The number of carbonyl (C=O) groups is 2. The van der Waals surface area contributed by atoms with Gasteiger partial charge in [-0.05, 0) is 29.8 Å². The average Bonchev–Trinajstić information content (AvgIpc) is 2.45. The molecule has 0 aliphatic heterocycles. The van der Waals surface area contributed by atoms with Crippen LogP contribution in [0.1, 0.15) is 26.5 Å². The number of carboxylic acid groups (broad SMARTS) is 1. The molecule has 0 saturated carbocycles. The molecule has 2 N–H and O–H groups in total. The Morgan fingerprint density at radius 1 is 1.15 bits per heavy atom. The molecular weight excluding hydrogens is 263 g/mol. The monoisotopic (exact) mass is 274 g/mol. The second-order valence-electron chi connectivity index (χ2n) is 4.03. The number of rotatable bonds is 4. The number of nitrogens with one attached hydrogen (secondary N) is 1. The van der Waals surface area contributed by atoms with Crippen molar-refractivity contribution in [3.63, 3.8) is 0 Å². The van der Waals surface area contributed by atoms with Gasteiger partial charge in [0.15, 0.2) is 0 Å². The molecule has 0 saturated heterocycles. The Kier molecular flexibility index (Phi) is 4.05. The minimum atomic E-state index is -1.20. The minimum Gasteiger partial charge on any atom is -0.477 e. The predicted molar refractivity (Wildman–Crippen MR) is 68.8 cm³/mol. The zero-order valence-electron chi connectivity index (χ0n) is 10.3. The lowest BCUT2D eigenvalue weighted by Gasteiger charge is -2.05. The highest BCUT2D eigenvalue weighted by Gasteiger charge is 2.11. The highest BCUT2D eigenvalue weighted by Crippen LogP contribution is 2.04. The number of halogens is 1. The molecule has 0 spiro atoms. The Hall–Kier alpha value is -2.76. The maximum atomic E-state index is 13.0. The SMILES string of the molecule is O=C(O)c1cccc(C(=O)NCc2cccc(F)c2)n1. The highest BCUT2D eigenvalue weighted by atomic mass is 19.1. The molecule has 20 heavy (non-hydrogen) atoms. The molecule has 0 aliphatic rings. The number of aromatic carboxylic acids is 1. The van der Waals surface area contributed by atoms with Crippen LogP contribution >= 0.6 is 0 Å². The molecule has 0 aliphatic carbocycles. The fraction of sp³-hybridized carbons (Fsp3) is 0.0714. The van der Waals surface area contributed by atoms with E-state index in [1.54, 1.807) is 12.1 Å². The maximum absolute atomic E-state index is 13.0. The van der Waals surface area contributed by atoms with E-state index in [2.05, 4.69) is 10.3 Å². The van der Waals surface area contributed by atoms with Crippen molar-refractivity contribution in [1.29, 1.82) is 0 Å². The molecular formula is C14H11FN2O3. The number of pyridine rings is 1. The van der Waals surface area contributed by atoms with Crippen LogP contribution in [0, 0.1) is 5.82 Å². The number of hydrogen-bond acceptors (Lipinski definition) is 3. The van der Waals surface area contributed by atoms with E-state index in [9.17, 15) is 14.0 Å². The third-order valence-corrected chi connectivity index (χ3v) is 2.54. The largest absolute Gasteiger partial charge is 0.477 e. The van der Waals surface area contributed by atoms with Crippen molar-refractivity contribution in [1.82, 2.24) is 10.3 Å². The van der Waals surface area contributed by atoms with Crippen LogP contribution in [0.15, 0.2) is 42.5 Å². The van der Waals surface area contributed by atoms with Crippen molar-refractivity contribution >= 4 is 11.9 Å². The topological polar surface area (TPSA) is 79.3 Å². The standard InChI is InChI=1S/C14H11FN2O3/c15-10-4-1-3-9(7-10)8-16-13(18)11-5-2-6-12(17-11)14(19)20/h1-7H,8H2,(H,16,18)(H,19,20). The van der Waals surface area contributed by atoms with Gasteiger partial charge in [-0.1, -0.05) is 18.2 Å². The summed E-state index contributed by atoms with van der Waals surface area (Å²) in [4.78, 5) is 26.3. The van der Waals surface area contributed by atoms with Crippen molar-refractivity contribution in [2.75, 3.05) is 0 Å². The molecule has 0 bridgehead atoms. The third-order valence-electron chi connectivity index (χ3n) is 2.54. The van der Waals surface area contributed by atoms with E-state index in [1.807, 2.05) is 0 Å². The van der Waals surface area contributed by atoms with E-state index in [4.69, 9.17) is 5.11 Å². The molecule has 0 unspecified atom stereocenters. The van der Waals surface area contributed by atoms with Crippen LogP contribution in [-0.4, -0.2) is 22.0 Å². The predicted octanol–water partition coefficient (Wildman–Crippen LogP) is 1.85. The van der Waals surface area contributed by atoms with Gasteiger partial charge in [-0.25, -0.2) is 14.2 Å². The van der Waals surface area contributed by atoms with E-state index < -0.39 is 11.9 Å². The van der Waals surface area contributed by atoms with Gasteiger partial charge in [-0.15, -0.1) is 0 Å². The quantitative estimate of drug-likeness (QED) is 0.891. The van der Waals surface area contributed by atoms with Gasteiger partial charge in [0.1, 0.15) is 17.2 Å². The van der Waals surface area contributed by atoms with Gasteiger partial charge in [0, 0.05) is 6.54 Å². The smallest absolute Gasteiger partial charge is 0.354 e. The van der Waals surface area contributed by atoms with Gasteiger partial charge in [-0.2, -0.15) is 0 Å². The molecule has 1 amide bonds. The van der Waals surface area contributed by atoms with Crippen molar-refractivity contribution in [3.05, 3.63) is 65.2 Å². The average molecular weight is 274 g/mol. The maximum Gasteiger partial charge on any atom is 0.354 e. The summed E-state index contributed by atoms with van der Waals surface area (Å²) in [6, 6.07) is 9.97. The van der Waals surface area contributed by atoms with Crippen molar-refractivity contribution < 1.29 is 19.1 Å². The van der Waals surface area contributed by atoms with Crippen molar-refractivity contribution in [2.24, 2.45) is 0 Å². The van der Waals surface area contributed by atoms with E-state index in [-0.39, 0.29) is 23.7 Å². The molecule has 102 valence electrons. The molecule has 6 heteroatoms. The minimum absolute atomic E-state index is 0.00121. The number of hydrogen-bond donors (Lipinski definition) is 2. The van der Waals surface area contributed by atoms with E-state index >= 15 is 0 Å². The van der Waals surface area contributed by atoms with Gasteiger partial charge in [-0.3, -0.25) is 4.79 Å². The van der Waals surface area contributed by atoms with Crippen molar-refractivity contribution in [3.8, 4) is 0 Å². The van der Waals surface area contributed by atoms with Gasteiger partial charge in [0.05, 0.1) is 0 Å². The Labute approximate surface area is 114 Å².